The van der Waals surface area contributed by atoms with Crippen molar-refractivity contribution in [2.75, 3.05) is 6.54 Å². The Morgan fingerprint density at radius 3 is 2.90 bits per heavy atom. The highest BCUT2D eigenvalue weighted by atomic mass is 16.4. The van der Waals surface area contributed by atoms with E-state index in [0.29, 0.717) is 6.42 Å². The van der Waals surface area contributed by atoms with E-state index in [0.717, 1.165) is 36.9 Å². The quantitative estimate of drug-likeness (QED) is 0.744. The van der Waals surface area contributed by atoms with Crippen LogP contribution >= 0.6 is 0 Å². The van der Waals surface area contributed by atoms with Crippen molar-refractivity contribution in [2.24, 2.45) is 0 Å². The van der Waals surface area contributed by atoms with Gasteiger partial charge in [-0.15, -0.1) is 0 Å². The summed E-state index contributed by atoms with van der Waals surface area (Å²) >= 11 is 0. The van der Waals surface area contributed by atoms with Crippen LogP contribution in [0.4, 0.5) is 0 Å². The third kappa shape index (κ3) is 3.82. The predicted octanol–water partition coefficient (Wildman–Crippen LogP) is 1.63. The Labute approximate surface area is 124 Å². The SMILES string of the molecule is CCCCC(NC(=O)C1NCCc2ccccc21)C(=O)O. The molecule has 2 rings (SSSR count). The highest BCUT2D eigenvalue weighted by Gasteiger charge is 2.28. The minimum Gasteiger partial charge on any atom is -0.480 e. The zero-order valence-corrected chi connectivity index (χ0v) is 12.3. The van der Waals surface area contributed by atoms with Crippen LogP contribution in [0.15, 0.2) is 24.3 Å². The summed E-state index contributed by atoms with van der Waals surface area (Å²) < 4.78 is 0. The van der Waals surface area contributed by atoms with Gasteiger partial charge in [0.25, 0.3) is 0 Å². The number of rotatable bonds is 6. The number of aliphatic carboxylic acids is 1. The van der Waals surface area contributed by atoms with E-state index in [1.165, 1.54) is 0 Å². The molecule has 0 saturated carbocycles. The Morgan fingerprint density at radius 1 is 1.43 bits per heavy atom. The van der Waals surface area contributed by atoms with Crippen molar-refractivity contribution >= 4 is 11.9 Å². The molecule has 114 valence electrons. The van der Waals surface area contributed by atoms with Crippen molar-refractivity contribution in [1.82, 2.24) is 10.6 Å². The Bertz CT molecular complexity index is 516. The first kappa shape index (κ1) is 15.5. The molecular formula is C16H22N2O3. The van der Waals surface area contributed by atoms with Crippen LogP contribution in [0.25, 0.3) is 0 Å². The molecule has 0 bridgehead atoms. The lowest BCUT2D eigenvalue weighted by molar-refractivity contribution is -0.142. The summed E-state index contributed by atoms with van der Waals surface area (Å²) in [5, 5.41) is 15.0. The molecule has 1 aromatic carbocycles. The van der Waals surface area contributed by atoms with Crippen molar-refractivity contribution in [1.29, 1.82) is 0 Å². The summed E-state index contributed by atoms with van der Waals surface area (Å²) in [5.41, 5.74) is 2.10. The fourth-order valence-corrected chi connectivity index (χ4v) is 2.66. The zero-order chi connectivity index (χ0) is 15.2. The van der Waals surface area contributed by atoms with E-state index in [1.807, 2.05) is 31.2 Å². The summed E-state index contributed by atoms with van der Waals surface area (Å²) in [6.45, 7) is 2.72. The van der Waals surface area contributed by atoms with Gasteiger partial charge < -0.3 is 15.7 Å². The molecule has 0 spiro atoms. The highest BCUT2D eigenvalue weighted by molar-refractivity contribution is 5.88. The number of unbranched alkanes of at least 4 members (excludes halogenated alkanes) is 1. The lowest BCUT2D eigenvalue weighted by atomic mass is 9.93. The Kier molecular flexibility index (Phi) is 5.33. The van der Waals surface area contributed by atoms with Gasteiger partial charge in [0.2, 0.25) is 5.91 Å². The molecule has 1 aliphatic heterocycles. The summed E-state index contributed by atoms with van der Waals surface area (Å²) in [7, 11) is 0. The second-order valence-electron chi connectivity index (χ2n) is 5.38. The first-order chi connectivity index (χ1) is 10.1. The molecule has 1 aromatic rings. The predicted molar refractivity (Wildman–Crippen MR) is 80.0 cm³/mol. The van der Waals surface area contributed by atoms with Crippen LogP contribution in [-0.4, -0.2) is 29.6 Å². The molecular weight excluding hydrogens is 268 g/mol. The number of benzene rings is 1. The Balaban J connectivity index is 2.08. The van der Waals surface area contributed by atoms with Gasteiger partial charge in [0.1, 0.15) is 12.1 Å². The monoisotopic (exact) mass is 290 g/mol. The van der Waals surface area contributed by atoms with E-state index in [1.54, 1.807) is 0 Å². The molecule has 0 aromatic heterocycles. The van der Waals surface area contributed by atoms with Crippen molar-refractivity contribution in [3.05, 3.63) is 35.4 Å². The fraction of sp³-hybridized carbons (Fsp3) is 0.500. The number of hydrogen-bond donors (Lipinski definition) is 3. The molecule has 2 unspecified atom stereocenters. The number of carboxylic acids is 1. The van der Waals surface area contributed by atoms with Gasteiger partial charge in [0.05, 0.1) is 0 Å². The number of hydrogen-bond acceptors (Lipinski definition) is 3. The smallest absolute Gasteiger partial charge is 0.326 e. The van der Waals surface area contributed by atoms with E-state index in [-0.39, 0.29) is 5.91 Å². The van der Waals surface area contributed by atoms with E-state index in [2.05, 4.69) is 10.6 Å². The Hall–Kier alpha value is -1.88. The zero-order valence-electron chi connectivity index (χ0n) is 12.3. The van der Waals surface area contributed by atoms with Crippen LogP contribution < -0.4 is 10.6 Å². The maximum Gasteiger partial charge on any atom is 0.326 e. The molecule has 5 nitrogen and oxygen atoms in total. The number of carbonyl (C=O) groups is 2. The van der Waals surface area contributed by atoms with Gasteiger partial charge in [-0.05, 0) is 24.0 Å². The van der Waals surface area contributed by atoms with Crippen molar-refractivity contribution in [3.63, 3.8) is 0 Å². The second-order valence-corrected chi connectivity index (χ2v) is 5.38. The molecule has 0 radical (unpaired) electrons. The maximum atomic E-state index is 12.4. The summed E-state index contributed by atoms with van der Waals surface area (Å²) in [4.78, 5) is 23.6. The van der Waals surface area contributed by atoms with E-state index < -0.39 is 18.1 Å². The number of carbonyl (C=O) groups excluding carboxylic acids is 1. The number of nitrogens with one attached hydrogen (secondary N) is 2. The van der Waals surface area contributed by atoms with Gasteiger partial charge >= 0.3 is 5.97 Å². The molecule has 0 fully saturated rings. The van der Waals surface area contributed by atoms with Gasteiger partial charge in [-0.1, -0.05) is 44.0 Å². The second kappa shape index (κ2) is 7.22. The molecule has 1 amide bonds. The van der Waals surface area contributed by atoms with Gasteiger partial charge in [-0.3, -0.25) is 4.79 Å². The number of fused-ring (bicyclic) bond motifs is 1. The molecule has 21 heavy (non-hydrogen) atoms. The lowest BCUT2D eigenvalue weighted by Gasteiger charge is -2.27. The van der Waals surface area contributed by atoms with Crippen LogP contribution in [0.1, 0.15) is 43.4 Å². The maximum absolute atomic E-state index is 12.4. The van der Waals surface area contributed by atoms with Crippen LogP contribution in [-0.2, 0) is 16.0 Å². The summed E-state index contributed by atoms with van der Waals surface area (Å²) in [6.07, 6.45) is 3.04. The third-order valence-corrected chi connectivity index (χ3v) is 3.83. The normalized spacial score (nSPS) is 18.6. The standard InChI is InChI=1S/C16H22N2O3/c1-2-3-8-13(16(20)21)18-15(19)14-12-7-5-4-6-11(12)9-10-17-14/h4-7,13-14,17H,2-3,8-10H2,1H3,(H,18,19)(H,20,21). The summed E-state index contributed by atoms with van der Waals surface area (Å²) in [6, 6.07) is 6.53. The topological polar surface area (TPSA) is 78.4 Å². The minimum absolute atomic E-state index is 0.259. The van der Waals surface area contributed by atoms with E-state index in [9.17, 15) is 14.7 Å². The van der Waals surface area contributed by atoms with Crippen molar-refractivity contribution in [3.8, 4) is 0 Å². The third-order valence-electron chi connectivity index (χ3n) is 3.83. The Morgan fingerprint density at radius 2 is 2.19 bits per heavy atom. The minimum atomic E-state index is -0.971. The molecule has 2 atom stereocenters. The lowest BCUT2D eigenvalue weighted by Crippen LogP contribution is -2.47. The summed E-state index contributed by atoms with van der Waals surface area (Å²) in [5.74, 6) is -1.23. The van der Waals surface area contributed by atoms with Crippen LogP contribution in [0.5, 0.6) is 0 Å². The average molecular weight is 290 g/mol. The van der Waals surface area contributed by atoms with Gasteiger partial charge in [-0.2, -0.15) is 0 Å². The van der Waals surface area contributed by atoms with Gasteiger partial charge in [-0.25, -0.2) is 4.79 Å². The molecule has 5 heteroatoms. The molecule has 1 aliphatic rings. The number of amides is 1. The molecule has 3 N–H and O–H groups in total. The van der Waals surface area contributed by atoms with E-state index in [4.69, 9.17) is 0 Å². The van der Waals surface area contributed by atoms with Gasteiger partial charge in [0.15, 0.2) is 0 Å². The van der Waals surface area contributed by atoms with Crippen molar-refractivity contribution < 1.29 is 14.7 Å². The largest absolute Gasteiger partial charge is 0.480 e. The number of carboxylic acid groups (broad SMARTS) is 1. The molecule has 1 heterocycles. The highest BCUT2D eigenvalue weighted by Crippen LogP contribution is 2.22. The first-order valence-corrected chi connectivity index (χ1v) is 7.48. The van der Waals surface area contributed by atoms with Crippen LogP contribution in [0, 0.1) is 0 Å². The molecule has 0 aliphatic carbocycles. The van der Waals surface area contributed by atoms with E-state index >= 15 is 0 Å². The van der Waals surface area contributed by atoms with Crippen LogP contribution in [0.3, 0.4) is 0 Å². The fourth-order valence-electron chi connectivity index (χ4n) is 2.66. The first-order valence-electron chi connectivity index (χ1n) is 7.48. The van der Waals surface area contributed by atoms with Crippen LogP contribution in [0.2, 0.25) is 0 Å². The van der Waals surface area contributed by atoms with Gasteiger partial charge in [0, 0.05) is 6.54 Å². The molecule has 0 saturated heterocycles. The average Bonchev–Trinajstić information content (AvgIpc) is 2.50. The van der Waals surface area contributed by atoms with Crippen molar-refractivity contribution in [2.45, 2.75) is 44.7 Å².